The molecule has 1 aromatic heterocycles. The van der Waals surface area contributed by atoms with Gasteiger partial charge in [-0.3, -0.25) is 14.5 Å². The summed E-state index contributed by atoms with van der Waals surface area (Å²) in [6, 6.07) is 13.2. The van der Waals surface area contributed by atoms with E-state index in [1.165, 1.54) is 4.90 Å². The van der Waals surface area contributed by atoms with Crippen molar-refractivity contribution in [3.63, 3.8) is 0 Å². The predicted octanol–water partition coefficient (Wildman–Crippen LogP) is 5.74. The summed E-state index contributed by atoms with van der Waals surface area (Å²) >= 11 is 0.973. The average Bonchev–Trinajstić information content (AvgIpc) is 3.41. The SMILES string of the molecule is CCCCOc1cccc(C2/C(=C(\O)c3ccc(C)cc3)C(=O)C(=O)N2c2nc(C)c(C(=O)OCC)s2)c1. The predicted molar refractivity (Wildman–Crippen MR) is 146 cm³/mol. The highest BCUT2D eigenvalue weighted by atomic mass is 32.1. The largest absolute Gasteiger partial charge is 0.507 e. The number of Topliss-reactive ketones (excluding diaryl/α,β-unsaturated/α-hetero) is 1. The van der Waals surface area contributed by atoms with Crippen molar-refractivity contribution in [1.29, 1.82) is 0 Å². The van der Waals surface area contributed by atoms with Crippen LogP contribution in [-0.2, 0) is 14.3 Å². The van der Waals surface area contributed by atoms with E-state index < -0.39 is 23.7 Å². The Kier molecular flexibility index (Phi) is 8.26. The molecule has 198 valence electrons. The number of aliphatic hydroxyl groups excluding tert-OH is 1. The van der Waals surface area contributed by atoms with Gasteiger partial charge in [-0.15, -0.1) is 0 Å². The molecule has 3 aromatic rings. The molecule has 38 heavy (non-hydrogen) atoms. The van der Waals surface area contributed by atoms with Gasteiger partial charge in [-0.2, -0.15) is 0 Å². The Balaban J connectivity index is 1.87. The maximum Gasteiger partial charge on any atom is 0.350 e. The van der Waals surface area contributed by atoms with E-state index in [0.717, 1.165) is 29.7 Å². The smallest absolute Gasteiger partial charge is 0.350 e. The minimum absolute atomic E-state index is 0.0601. The van der Waals surface area contributed by atoms with Gasteiger partial charge in [0.15, 0.2) is 5.13 Å². The summed E-state index contributed by atoms with van der Waals surface area (Å²) in [5.74, 6) is -1.93. The fourth-order valence-corrected chi connectivity index (χ4v) is 5.18. The fourth-order valence-electron chi connectivity index (χ4n) is 4.19. The first kappa shape index (κ1) is 27.1. The third kappa shape index (κ3) is 5.33. The molecule has 9 heteroatoms. The molecule has 1 unspecified atom stereocenters. The van der Waals surface area contributed by atoms with Crippen molar-refractivity contribution in [3.8, 4) is 5.75 Å². The molecule has 1 amide bonds. The van der Waals surface area contributed by atoms with Crippen LogP contribution in [0.1, 0.15) is 64.8 Å². The van der Waals surface area contributed by atoms with Gasteiger partial charge in [0, 0.05) is 5.56 Å². The van der Waals surface area contributed by atoms with E-state index in [1.54, 1.807) is 50.2 Å². The number of aryl methyl sites for hydroxylation is 2. The number of amides is 1. The maximum atomic E-state index is 13.5. The quantitative estimate of drug-likeness (QED) is 0.123. The molecule has 2 aromatic carbocycles. The number of anilines is 1. The summed E-state index contributed by atoms with van der Waals surface area (Å²) < 4.78 is 11.0. The molecule has 0 spiro atoms. The van der Waals surface area contributed by atoms with Gasteiger partial charge in [-0.1, -0.05) is 66.6 Å². The van der Waals surface area contributed by atoms with Crippen LogP contribution in [0.2, 0.25) is 0 Å². The number of carbonyl (C=O) groups excluding carboxylic acids is 3. The van der Waals surface area contributed by atoms with Crippen molar-refractivity contribution >= 4 is 39.9 Å². The van der Waals surface area contributed by atoms with Crippen LogP contribution in [0.3, 0.4) is 0 Å². The number of hydrogen-bond acceptors (Lipinski definition) is 8. The van der Waals surface area contributed by atoms with Crippen LogP contribution >= 0.6 is 11.3 Å². The van der Waals surface area contributed by atoms with E-state index in [1.807, 2.05) is 19.1 Å². The lowest BCUT2D eigenvalue weighted by Crippen LogP contribution is -2.29. The maximum absolute atomic E-state index is 13.5. The number of nitrogens with zero attached hydrogens (tertiary/aromatic N) is 2. The summed E-state index contributed by atoms with van der Waals surface area (Å²) in [6.45, 7) is 8.05. The summed E-state index contributed by atoms with van der Waals surface area (Å²) in [5.41, 5.74) is 2.29. The highest BCUT2D eigenvalue weighted by Gasteiger charge is 2.48. The van der Waals surface area contributed by atoms with E-state index in [-0.39, 0.29) is 27.9 Å². The first-order chi connectivity index (χ1) is 18.3. The molecule has 0 aliphatic carbocycles. The molecule has 2 heterocycles. The first-order valence-corrected chi connectivity index (χ1v) is 13.3. The number of carbonyl (C=O) groups is 3. The Labute approximate surface area is 225 Å². The van der Waals surface area contributed by atoms with Crippen LogP contribution in [0.5, 0.6) is 5.75 Å². The van der Waals surface area contributed by atoms with Gasteiger partial charge >= 0.3 is 11.9 Å². The van der Waals surface area contributed by atoms with E-state index in [0.29, 0.717) is 29.2 Å². The van der Waals surface area contributed by atoms with Crippen molar-refractivity contribution in [2.45, 2.75) is 46.6 Å². The molecule has 1 aliphatic rings. The number of ketones is 1. The first-order valence-electron chi connectivity index (χ1n) is 12.5. The number of rotatable bonds is 9. The zero-order valence-electron chi connectivity index (χ0n) is 21.8. The second-order valence-corrected chi connectivity index (χ2v) is 9.92. The number of aromatic nitrogens is 1. The van der Waals surface area contributed by atoms with Gasteiger partial charge in [0.05, 0.1) is 30.5 Å². The zero-order chi connectivity index (χ0) is 27.4. The van der Waals surface area contributed by atoms with Crippen molar-refractivity contribution in [2.24, 2.45) is 0 Å². The van der Waals surface area contributed by atoms with Crippen LogP contribution in [-0.4, -0.2) is 41.0 Å². The molecule has 4 rings (SSSR count). The third-order valence-electron chi connectivity index (χ3n) is 6.16. The van der Waals surface area contributed by atoms with E-state index >= 15 is 0 Å². The van der Waals surface area contributed by atoms with Gasteiger partial charge in [0.1, 0.15) is 16.4 Å². The number of esters is 1. The lowest BCUT2D eigenvalue weighted by Gasteiger charge is -2.23. The Bertz CT molecular complexity index is 1390. The molecule has 1 fully saturated rings. The Morgan fingerprint density at radius 3 is 2.53 bits per heavy atom. The molecular weight excluding hydrogens is 504 g/mol. The minimum atomic E-state index is -0.980. The number of aliphatic hydroxyl groups is 1. The Morgan fingerprint density at radius 1 is 1.11 bits per heavy atom. The summed E-state index contributed by atoms with van der Waals surface area (Å²) in [4.78, 5) is 45.3. The highest BCUT2D eigenvalue weighted by Crippen LogP contribution is 2.44. The molecule has 1 saturated heterocycles. The number of hydrogen-bond donors (Lipinski definition) is 1. The van der Waals surface area contributed by atoms with Gasteiger partial charge in [0.25, 0.3) is 5.78 Å². The third-order valence-corrected chi connectivity index (χ3v) is 7.30. The number of unbranched alkanes of at least 4 members (excludes halogenated alkanes) is 1. The molecule has 0 bridgehead atoms. The molecule has 0 saturated carbocycles. The highest BCUT2D eigenvalue weighted by molar-refractivity contribution is 7.17. The monoisotopic (exact) mass is 534 g/mol. The van der Waals surface area contributed by atoms with Crippen molar-refractivity contribution in [1.82, 2.24) is 4.98 Å². The standard InChI is InChI=1S/C29H30N2O6S/c1-5-7-15-37-21-10-8-9-20(16-21)23-22(24(32)19-13-11-17(3)12-14-19)25(33)27(34)31(23)29-30-18(4)26(38-29)28(35)36-6-2/h8-14,16,23,32H,5-7,15H2,1-4H3/b24-22+. The van der Waals surface area contributed by atoms with E-state index in [9.17, 15) is 19.5 Å². The normalized spacial score (nSPS) is 16.6. The van der Waals surface area contributed by atoms with Crippen molar-refractivity contribution in [3.05, 3.63) is 81.4 Å². The van der Waals surface area contributed by atoms with Gasteiger partial charge in [-0.05, 0) is 44.9 Å². The van der Waals surface area contributed by atoms with Crippen molar-refractivity contribution < 1.29 is 29.0 Å². The van der Waals surface area contributed by atoms with Crippen LogP contribution in [0.25, 0.3) is 5.76 Å². The topological polar surface area (TPSA) is 106 Å². The molecular formula is C29H30N2O6S. The van der Waals surface area contributed by atoms with Crippen LogP contribution in [0, 0.1) is 13.8 Å². The van der Waals surface area contributed by atoms with Crippen LogP contribution in [0.15, 0.2) is 54.1 Å². The van der Waals surface area contributed by atoms with Gasteiger partial charge < -0.3 is 14.6 Å². The fraction of sp³-hybridized carbons (Fsp3) is 0.310. The Hall–Kier alpha value is -3.98. The zero-order valence-corrected chi connectivity index (χ0v) is 22.6. The second-order valence-electron chi connectivity index (χ2n) is 8.94. The van der Waals surface area contributed by atoms with Crippen LogP contribution < -0.4 is 9.64 Å². The van der Waals surface area contributed by atoms with E-state index in [4.69, 9.17) is 9.47 Å². The molecule has 1 atom stereocenters. The summed E-state index contributed by atoms with van der Waals surface area (Å²) in [5, 5.41) is 11.5. The van der Waals surface area contributed by atoms with E-state index in [2.05, 4.69) is 11.9 Å². The summed E-state index contributed by atoms with van der Waals surface area (Å²) in [7, 11) is 0. The summed E-state index contributed by atoms with van der Waals surface area (Å²) in [6.07, 6.45) is 1.85. The van der Waals surface area contributed by atoms with Gasteiger partial charge in [0.2, 0.25) is 0 Å². The van der Waals surface area contributed by atoms with Crippen LogP contribution in [0.4, 0.5) is 5.13 Å². The molecule has 0 radical (unpaired) electrons. The lowest BCUT2D eigenvalue weighted by atomic mass is 9.95. The van der Waals surface area contributed by atoms with Crippen molar-refractivity contribution in [2.75, 3.05) is 18.1 Å². The second kappa shape index (κ2) is 11.6. The minimum Gasteiger partial charge on any atom is -0.507 e. The average molecular weight is 535 g/mol. The number of thiazole rings is 1. The van der Waals surface area contributed by atoms with Gasteiger partial charge in [-0.25, -0.2) is 9.78 Å². The molecule has 1 N–H and O–H groups in total. The lowest BCUT2D eigenvalue weighted by molar-refractivity contribution is -0.132. The molecule has 1 aliphatic heterocycles. The number of ether oxygens (including phenoxy) is 2. The molecule has 8 nitrogen and oxygen atoms in total. The Morgan fingerprint density at radius 2 is 1.84 bits per heavy atom. The number of benzene rings is 2.